The molecule has 0 aliphatic carbocycles. The van der Waals surface area contributed by atoms with Gasteiger partial charge in [0.15, 0.2) is 0 Å². The first-order valence-electron chi connectivity index (χ1n) is 7.01. The minimum atomic E-state index is -3.67. The maximum atomic E-state index is 11.2. The molecule has 0 saturated carbocycles. The summed E-state index contributed by atoms with van der Waals surface area (Å²) < 4.78 is 29.0. The number of benzene rings is 1. The maximum Gasteiger partial charge on any atom is 0.379 e. The van der Waals surface area contributed by atoms with Crippen LogP contribution >= 0.6 is 11.6 Å². The van der Waals surface area contributed by atoms with E-state index >= 15 is 0 Å². The van der Waals surface area contributed by atoms with E-state index in [1.807, 2.05) is 32.9 Å². The summed E-state index contributed by atoms with van der Waals surface area (Å²) in [6, 6.07) is 8.15. The van der Waals surface area contributed by atoms with Crippen molar-refractivity contribution in [2.45, 2.75) is 59.6 Å². The Labute approximate surface area is 130 Å². The molecule has 1 nitrogen and oxygen atoms in total. The zero-order valence-corrected chi connectivity index (χ0v) is 13.9. The summed E-state index contributed by atoms with van der Waals surface area (Å²) >= 11 is 5.54. The number of halogens is 4. The summed E-state index contributed by atoms with van der Waals surface area (Å²) in [6.45, 7) is 6.61. The van der Waals surface area contributed by atoms with Crippen LogP contribution < -0.4 is 0 Å². The third-order valence-electron chi connectivity index (χ3n) is 2.69. The van der Waals surface area contributed by atoms with Gasteiger partial charge in [-0.3, -0.25) is 4.79 Å². The Balaban J connectivity index is 0. The van der Waals surface area contributed by atoms with Crippen LogP contribution in [0.3, 0.4) is 0 Å². The first-order valence-corrected chi connectivity index (χ1v) is 7.38. The van der Waals surface area contributed by atoms with Crippen LogP contribution in [0.2, 0.25) is 0 Å². The standard InChI is InChI=1S/C13H17ClO.C2H6.CHF3/c1-4-12(13(14)15)11-7-5-10(6-8-11)9(2)3;1-2;2-1(3)4/h5-9,12H,4H2,1-3H3;1-2H3;1H. The first kappa shape index (κ1) is 22.3. The van der Waals surface area contributed by atoms with Crippen molar-refractivity contribution < 1.29 is 18.0 Å². The molecule has 5 heteroatoms. The summed E-state index contributed by atoms with van der Waals surface area (Å²) in [7, 11) is 0. The van der Waals surface area contributed by atoms with Gasteiger partial charge in [0.25, 0.3) is 0 Å². The van der Waals surface area contributed by atoms with Crippen molar-refractivity contribution in [1.82, 2.24) is 0 Å². The van der Waals surface area contributed by atoms with Crippen LogP contribution in [0.1, 0.15) is 64.0 Å². The molecule has 0 aliphatic rings. The molecule has 1 aromatic rings. The molecule has 1 unspecified atom stereocenters. The van der Waals surface area contributed by atoms with Gasteiger partial charge < -0.3 is 0 Å². The minimum Gasteiger partial charge on any atom is -0.281 e. The number of carbonyl (C=O) groups excluding carboxylic acids is 1. The monoisotopic (exact) mass is 324 g/mol. The van der Waals surface area contributed by atoms with Crippen LogP contribution in [-0.2, 0) is 4.79 Å². The van der Waals surface area contributed by atoms with E-state index in [-0.39, 0.29) is 11.2 Å². The van der Waals surface area contributed by atoms with Gasteiger partial charge in [-0.05, 0) is 35.1 Å². The third-order valence-corrected chi connectivity index (χ3v) is 2.95. The molecule has 0 radical (unpaired) electrons. The fourth-order valence-electron chi connectivity index (χ4n) is 1.64. The van der Waals surface area contributed by atoms with Crippen molar-refractivity contribution >= 4 is 16.8 Å². The first-order chi connectivity index (χ1) is 9.79. The Hall–Kier alpha value is -1.03. The highest BCUT2D eigenvalue weighted by molar-refractivity contribution is 6.64. The van der Waals surface area contributed by atoms with Gasteiger partial charge in [-0.25, -0.2) is 0 Å². The lowest BCUT2D eigenvalue weighted by atomic mass is 9.94. The highest BCUT2D eigenvalue weighted by Gasteiger charge is 2.16. The van der Waals surface area contributed by atoms with Gasteiger partial charge in [0.1, 0.15) is 0 Å². The molecule has 1 aromatic carbocycles. The molecule has 0 aliphatic heterocycles. The lowest BCUT2D eigenvalue weighted by molar-refractivity contribution is -0.113. The largest absolute Gasteiger partial charge is 0.379 e. The van der Waals surface area contributed by atoms with E-state index in [1.54, 1.807) is 0 Å². The second-order valence-corrected chi connectivity index (χ2v) is 4.71. The van der Waals surface area contributed by atoms with E-state index in [0.717, 1.165) is 12.0 Å². The summed E-state index contributed by atoms with van der Waals surface area (Å²) in [4.78, 5) is 11.2. The van der Waals surface area contributed by atoms with Gasteiger partial charge in [0, 0.05) is 0 Å². The van der Waals surface area contributed by atoms with E-state index in [0.29, 0.717) is 5.92 Å². The normalized spacial score (nSPS) is 11.2. The van der Waals surface area contributed by atoms with Crippen LogP contribution in [0, 0.1) is 0 Å². The van der Waals surface area contributed by atoms with Crippen LogP contribution in [0.4, 0.5) is 13.2 Å². The average Bonchev–Trinajstić information content (AvgIpc) is 2.41. The number of rotatable bonds is 4. The molecule has 0 fully saturated rings. The minimum absolute atomic E-state index is 0.159. The van der Waals surface area contributed by atoms with Crippen molar-refractivity contribution in [3.63, 3.8) is 0 Å². The molecule has 21 heavy (non-hydrogen) atoms. The van der Waals surface area contributed by atoms with E-state index < -0.39 is 6.68 Å². The fourth-order valence-corrected chi connectivity index (χ4v) is 1.92. The summed E-state index contributed by atoms with van der Waals surface area (Å²) in [5, 5.41) is -0.269. The molecule has 0 heterocycles. The lowest BCUT2D eigenvalue weighted by Gasteiger charge is -2.12. The van der Waals surface area contributed by atoms with E-state index in [1.165, 1.54) is 5.56 Å². The zero-order valence-electron chi connectivity index (χ0n) is 13.2. The van der Waals surface area contributed by atoms with E-state index in [4.69, 9.17) is 11.6 Å². The second-order valence-electron chi connectivity index (χ2n) is 4.33. The molecule has 0 saturated heterocycles. The van der Waals surface area contributed by atoms with Crippen LogP contribution in [0.5, 0.6) is 0 Å². The van der Waals surface area contributed by atoms with Gasteiger partial charge >= 0.3 is 6.68 Å². The number of hydrogen-bond donors (Lipinski definition) is 0. The third kappa shape index (κ3) is 10.4. The lowest BCUT2D eigenvalue weighted by Crippen LogP contribution is -2.05. The Morgan fingerprint density at radius 3 is 1.62 bits per heavy atom. The van der Waals surface area contributed by atoms with Crippen molar-refractivity contribution in [2.24, 2.45) is 0 Å². The van der Waals surface area contributed by atoms with Crippen molar-refractivity contribution in [3.05, 3.63) is 35.4 Å². The van der Waals surface area contributed by atoms with Crippen molar-refractivity contribution in [3.8, 4) is 0 Å². The van der Waals surface area contributed by atoms with Gasteiger partial charge in [-0.15, -0.1) is 0 Å². The Morgan fingerprint density at radius 1 is 1.05 bits per heavy atom. The average molecular weight is 325 g/mol. The van der Waals surface area contributed by atoms with Crippen LogP contribution in [0.25, 0.3) is 0 Å². The summed E-state index contributed by atoms with van der Waals surface area (Å²) in [5.74, 6) is 0.360. The predicted molar refractivity (Wildman–Crippen MR) is 82.9 cm³/mol. The molecule has 0 N–H and O–H groups in total. The molecule has 122 valence electrons. The summed E-state index contributed by atoms with van der Waals surface area (Å²) in [5.41, 5.74) is 2.30. The fraction of sp³-hybridized carbons (Fsp3) is 0.562. The molecular weight excluding hydrogens is 301 g/mol. The molecule has 0 bridgehead atoms. The molecule has 0 amide bonds. The Morgan fingerprint density at radius 2 is 1.38 bits per heavy atom. The number of carbonyl (C=O) groups is 1. The van der Waals surface area contributed by atoms with Gasteiger partial charge in [-0.2, -0.15) is 13.2 Å². The number of alkyl halides is 3. The van der Waals surface area contributed by atoms with Gasteiger partial charge in [0.05, 0.1) is 5.92 Å². The highest BCUT2D eigenvalue weighted by Crippen LogP contribution is 2.24. The second kappa shape index (κ2) is 12.7. The Kier molecular flexibility index (Phi) is 13.4. The number of hydrogen-bond acceptors (Lipinski definition) is 1. The SMILES string of the molecule is CC.CCC(C(=O)Cl)c1ccc(C(C)C)cc1.FC(F)F. The van der Waals surface area contributed by atoms with Crippen molar-refractivity contribution in [2.75, 3.05) is 0 Å². The molecule has 0 spiro atoms. The Bertz CT molecular complexity index is 375. The predicted octanol–water partition coefficient (Wildman–Crippen LogP) is 6.27. The van der Waals surface area contributed by atoms with Gasteiger partial charge in [-0.1, -0.05) is 58.9 Å². The maximum absolute atomic E-state index is 11.2. The quantitative estimate of drug-likeness (QED) is 0.596. The van der Waals surface area contributed by atoms with Crippen LogP contribution in [-0.4, -0.2) is 11.9 Å². The molecule has 1 atom stereocenters. The van der Waals surface area contributed by atoms with E-state index in [9.17, 15) is 18.0 Å². The molecule has 1 rings (SSSR count). The highest BCUT2D eigenvalue weighted by atomic mass is 35.5. The molecule has 0 aromatic heterocycles. The summed E-state index contributed by atoms with van der Waals surface area (Å²) in [6.07, 6.45) is 0.753. The zero-order chi connectivity index (χ0) is 17.0. The molecular formula is C16H24ClF3O. The van der Waals surface area contributed by atoms with E-state index in [2.05, 4.69) is 26.0 Å². The van der Waals surface area contributed by atoms with Gasteiger partial charge in [0.2, 0.25) is 5.24 Å². The topological polar surface area (TPSA) is 17.1 Å². The smallest absolute Gasteiger partial charge is 0.281 e. The van der Waals surface area contributed by atoms with Crippen molar-refractivity contribution in [1.29, 1.82) is 0 Å². The van der Waals surface area contributed by atoms with Crippen LogP contribution in [0.15, 0.2) is 24.3 Å².